The summed E-state index contributed by atoms with van der Waals surface area (Å²) < 4.78 is 6.72. The van der Waals surface area contributed by atoms with Gasteiger partial charge in [0.1, 0.15) is 6.54 Å². The van der Waals surface area contributed by atoms with Crippen molar-refractivity contribution in [1.82, 2.24) is 4.57 Å². The summed E-state index contributed by atoms with van der Waals surface area (Å²) in [5.74, 6) is 1.47. The number of amides is 1. The number of nitrogens with zero attached hydrogens (tertiary/aromatic N) is 1. The van der Waals surface area contributed by atoms with E-state index in [1.54, 1.807) is 35.8 Å². The smallest absolute Gasteiger partial charge is 0.338 e. The number of hydrogen-bond donors (Lipinski definition) is 1. The Morgan fingerprint density at radius 3 is 2.40 bits per heavy atom. The summed E-state index contributed by atoms with van der Waals surface area (Å²) in [5, 5.41) is 4.35. The largest absolute Gasteiger partial charge is 0.462 e. The molecule has 40 heavy (non-hydrogen) atoms. The molecule has 1 N–H and O–H groups in total. The molecule has 0 spiro atoms. The summed E-state index contributed by atoms with van der Waals surface area (Å²) in [4.78, 5) is 39.5. The minimum atomic E-state index is -0.393. The molecule has 210 valence electrons. The van der Waals surface area contributed by atoms with Gasteiger partial charge in [0.05, 0.1) is 17.2 Å². The van der Waals surface area contributed by atoms with Crippen LogP contribution in [-0.2, 0) is 21.5 Å². The molecule has 0 radical (unpaired) electrons. The lowest BCUT2D eigenvalue weighted by molar-refractivity contribution is -0.116. The number of thioether (sulfide) groups is 1. The van der Waals surface area contributed by atoms with Crippen molar-refractivity contribution in [1.29, 1.82) is 0 Å². The van der Waals surface area contributed by atoms with E-state index in [1.807, 2.05) is 11.8 Å². The van der Waals surface area contributed by atoms with Crippen LogP contribution in [0.4, 0.5) is 5.69 Å². The molecule has 0 saturated heterocycles. The van der Waals surface area contributed by atoms with Gasteiger partial charge in [0.15, 0.2) is 0 Å². The van der Waals surface area contributed by atoms with Gasteiger partial charge >= 0.3 is 10.8 Å². The van der Waals surface area contributed by atoms with Crippen molar-refractivity contribution in [2.24, 2.45) is 17.8 Å². The third-order valence-electron chi connectivity index (χ3n) is 8.81. The van der Waals surface area contributed by atoms with E-state index < -0.39 is 5.97 Å². The predicted octanol–water partition coefficient (Wildman–Crippen LogP) is 6.68. The fourth-order valence-electron chi connectivity index (χ4n) is 6.90. The predicted molar refractivity (Wildman–Crippen MR) is 161 cm³/mol. The molecule has 6 nitrogen and oxygen atoms in total. The molecule has 2 aliphatic carbocycles. The summed E-state index contributed by atoms with van der Waals surface area (Å²) in [7, 11) is 0. The normalized spacial score (nSPS) is 24.9. The molecule has 2 heterocycles. The first kappa shape index (κ1) is 27.3. The zero-order valence-corrected chi connectivity index (χ0v) is 25.1. The second-order valence-corrected chi connectivity index (χ2v) is 14.5. The molecule has 5 atom stereocenters. The Hall–Kier alpha value is -2.84. The number of carbonyl (C=O) groups excluding carboxylic acids is 2. The number of nitrogens with one attached hydrogen (secondary N) is 1. The number of esters is 1. The number of benzene rings is 2. The summed E-state index contributed by atoms with van der Waals surface area (Å²) in [6.45, 7) is 8.73. The standard InChI is InChI=1S/C32H36N2O4S2/c1-5-38-30(36)19-10-14-23(15-11-19)33-24(35)17-34-29-28(40-31(34)37)25(18-8-12-22(13-9-18)32(2,3)4)26-20-6-7-21(16-20)27(26)39-29/h8-15,20-21,25-27H,5-7,16-17H2,1-4H3,(H,33,35)/t20-,21-,25-,26-,27+/m0/s1. The maximum Gasteiger partial charge on any atom is 0.338 e. The van der Waals surface area contributed by atoms with E-state index >= 15 is 0 Å². The Morgan fingerprint density at radius 2 is 1.73 bits per heavy atom. The lowest BCUT2D eigenvalue weighted by Crippen LogP contribution is -2.35. The van der Waals surface area contributed by atoms with Gasteiger partial charge in [0.25, 0.3) is 0 Å². The Labute approximate surface area is 243 Å². The molecule has 0 unspecified atom stereocenters. The minimum Gasteiger partial charge on any atom is -0.462 e. The van der Waals surface area contributed by atoms with Crippen LogP contribution in [0.15, 0.2) is 58.4 Å². The van der Waals surface area contributed by atoms with Crippen LogP contribution in [0, 0.1) is 17.8 Å². The number of anilines is 1. The second kappa shape index (κ2) is 10.5. The Balaban J connectivity index is 1.28. The summed E-state index contributed by atoms with van der Waals surface area (Å²) in [5.41, 5.74) is 3.69. The summed E-state index contributed by atoms with van der Waals surface area (Å²) in [6.07, 6.45) is 3.83. The number of aromatic nitrogens is 1. The average Bonchev–Trinajstić information content (AvgIpc) is 3.62. The van der Waals surface area contributed by atoms with Gasteiger partial charge < -0.3 is 10.1 Å². The third-order valence-corrected chi connectivity index (χ3v) is 11.6. The number of thiazole rings is 1. The van der Waals surface area contributed by atoms with Crippen molar-refractivity contribution in [2.45, 2.75) is 75.1 Å². The summed E-state index contributed by atoms with van der Waals surface area (Å²) >= 11 is 3.16. The molecule has 2 fully saturated rings. The molecular formula is C32H36N2O4S2. The van der Waals surface area contributed by atoms with E-state index in [4.69, 9.17) is 4.74 Å². The number of fused-ring (bicyclic) bond motifs is 6. The van der Waals surface area contributed by atoms with Gasteiger partial charge in [-0.15, -0.1) is 11.8 Å². The second-order valence-electron chi connectivity index (χ2n) is 12.3. The third kappa shape index (κ3) is 4.94. The van der Waals surface area contributed by atoms with E-state index in [2.05, 4.69) is 50.4 Å². The van der Waals surface area contributed by atoms with E-state index in [0.717, 1.165) is 9.90 Å². The van der Waals surface area contributed by atoms with Crippen LogP contribution in [0.25, 0.3) is 0 Å². The maximum absolute atomic E-state index is 13.4. The number of hydrogen-bond acceptors (Lipinski definition) is 6. The van der Waals surface area contributed by atoms with Crippen LogP contribution in [-0.4, -0.2) is 28.3 Å². The summed E-state index contributed by atoms with van der Waals surface area (Å²) in [6, 6.07) is 15.7. The Bertz CT molecular complexity index is 1480. The molecule has 2 aromatic carbocycles. The van der Waals surface area contributed by atoms with Gasteiger partial charge in [-0.2, -0.15) is 0 Å². The lowest BCUT2D eigenvalue weighted by Gasteiger charge is -2.40. The number of carbonyl (C=O) groups is 2. The van der Waals surface area contributed by atoms with Gasteiger partial charge in [-0.05, 0) is 84.7 Å². The van der Waals surface area contributed by atoms with E-state index in [0.29, 0.717) is 40.9 Å². The van der Waals surface area contributed by atoms with Crippen molar-refractivity contribution in [3.05, 3.63) is 79.8 Å². The van der Waals surface area contributed by atoms with Crippen LogP contribution >= 0.6 is 23.1 Å². The van der Waals surface area contributed by atoms with Crippen LogP contribution in [0.5, 0.6) is 0 Å². The molecule has 2 saturated carbocycles. The van der Waals surface area contributed by atoms with Gasteiger partial charge in [0.2, 0.25) is 5.91 Å². The number of ether oxygens (including phenoxy) is 1. The van der Waals surface area contributed by atoms with Crippen LogP contribution in [0.3, 0.4) is 0 Å². The van der Waals surface area contributed by atoms with Crippen LogP contribution < -0.4 is 10.2 Å². The van der Waals surface area contributed by atoms with Crippen molar-refractivity contribution < 1.29 is 14.3 Å². The zero-order chi connectivity index (χ0) is 28.2. The van der Waals surface area contributed by atoms with Gasteiger partial charge in [-0.3, -0.25) is 14.2 Å². The average molecular weight is 577 g/mol. The minimum absolute atomic E-state index is 0.0293. The fourth-order valence-corrected chi connectivity index (χ4v) is 10.0. The molecule has 3 aromatic rings. The molecule has 3 aliphatic rings. The fraction of sp³-hybridized carbons (Fsp3) is 0.469. The Kier molecular flexibility index (Phi) is 7.20. The highest BCUT2D eigenvalue weighted by Gasteiger charge is 2.55. The van der Waals surface area contributed by atoms with Crippen LogP contribution in [0.1, 0.15) is 79.2 Å². The van der Waals surface area contributed by atoms with E-state index in [9.17, 15) is 14.4 Å². The first-order chi connectivity index (χ1) is 19.1. The van der Waals surface area contributed by atoms with E-state index in [1.165, 1.54) is 41.7 Å². The molecule has 1 amide bonds. The van der Waals surface area contributed by atoms with Gasteiger partial charge in [-0.1, -0.05) is 56.4 Å². The molecule has 1 aliphatic heterocycles. The first-order valence-electron chi connectivity index (χ1n) is 14.2. The zero-order valence-electron chi connectivity index (χ0n) is 23.4. The first-order valence-corrected chi connectivity index (χ1v) is 15.9. The quantitative estimate of drug-likeness (QED) is 0.332. The van der Waals surface area contributed by atoms with Crippen molar-refractivity contribution in [2.75, 3.05) is 11.9 Å². The monoisotopic (exact) mass is 576 g/mol. The topological polar surface area (TPSA) is 77.4 Å². The molecular weight excluding hydrogens is 540 g/mol. The van der Waals surface area contributed by atoms with Gasteiger partial charge in [0, 0.05) is 21.7 Å². The molecule has 1 aromatic heterocycles. The highest BCUT2D eigenvalue weighted by Crippen LogP contribution is 2.64. The van der Waals surface area contributed by atoms with Crippen molar-refractivity contribution >= 4 is 40.7 Å². The molecule has 6 rings (SSSR count). The van der Waals surface area contributed by atoms with Crippen molar-refractivity contribution in [3.8, 4) is 0 Å². The van der Waals surface area contributed by atoms with Crippen molar-refractivity contribution in [3.63, 3.8) is 0 Å². The van der Waals surface area contributed by atoms with E-state index in [-0.39, 0.29) is 28.7 Å². The van der Waals surface area contributed by atoms with Crippen LogP contribution in [0.2, 0.25) is 0 Å². The maximum atomic E-state index is 13.4. The lowest BCUT2D eigenvalue weighted by atomic mass is 9.74. The molecule has 2 bridgehead atoms. The van der Waals surface area contributed by atoms with Gasteiger partial charge in [-0.25, -0.2) is 4.79 Å². The highest BCUT2D eigenvalue weighted by molar-refractivity contribution is 8.00. The number of rotatable bonds is 6. The highest BCUT2D eigenvalue weighted by atomic mass is 32.2. The SMILES string of the molecule is CCOC(=O)c1ccc(NC(=O)Cn2c3c(sc2=O)[C@@H](c2ccc(C(C)(C)C)cc2)[C@@H]2[C@H]4CC[C@@H](C4)[C@H]2S3)cc1. The molecule has 8 heteroatoms. The Morgan fingerprint density at radius 1 is 1.02 bits per heavy atom.